The molecule has 0 spiro atoms. The maximum Gasteiger partial charge on any atom is 0.237 e. The van der Waals surface area contributed by atoms with E-state index >= 15 is 0 Å². The third-order valence-corrected chi connectivity index (χ3v) is 3.24. The molecule has 0 radical (unpaired) electrons. The number of nitrogens with zero attached hydrogens (tertiary/aromatic N) is 1. The second-order valence-electron chi connectivity index (χ2n) is 4.51. The number of amides is 2. The summed E-state index contributed by atoms with van der Waals surface area (Å²) in [5.41, 5.74) is 5.13. The Balaban J connectivity index is 2.54. The summed E-state index contributed by atoms with van der Waals surface area (Å²) in [5, 5.41) is 0. The maximum absolute atomic E-state index is 12.1. The Morgan fingerprint density at radius 2 is 1.75 bits per heavy atom. The molecule has 1 fully saturated rings. The molecule has 1 aliphatic carbocycles. The molecule has 2 amide bonds. The van der Waals surface area contributed by atoms with Gasteiger partial charge in [-0.3, -0.25) is 9.59 Å². The van der Waals surface area contributed by atoms with Gasteiger partial charge >= 0.3 is 0 Å². The van der Waals surface area contributed by atoms with Crippen molar-refractivity contribution in [3.63, 3.8) is 0 Å². The molecule has 4 heteroatoms. The highest BCUT2D eigenvalue weighted by Gasteiger charge is 2.24. The molecule has 4 nitrogen and oxygen atoms in total. The number of likely N-dealkylation sites (N-methyl/N-ethyl adjacent to an activating group) is 1. The van der Waals surface area contributed by atoms with E-state index in [0.29, 0.717) is 6.54 Å². The first-order chi connectivity index (χ1) is 7.65. The van der Waals surface area contributed by atoms with Crippen molar-refractivity contribution >= 4 is 11.8 Å². The number of primary amides is 1. The van der Waals surface area contributed by atoms with Gasteiger partial charge in [0.25, 0.3) is 0 Å². The molecule has 0 aromatic heterocycles. The second kappa shape index (κ2) is 6.51. The molecule has 0 aromatic carbocycles. The Morgan fingerprint density at radius 1 is 1.19 bits per heavy atom. The van der Waals surface area contributed by atoms with E-state index in [-0.39, 0.29) is 18.4 Å². The zero-order chi connectivity index (χ0) is 12.0. The van der Waals surface area contributed by atoms with E-state index in [1.165, 1.54) is 12.8 Å². The van der Waals surface area contributed by atoms with Crippen LogP contribution < -0.4 is 5.73 Å². The number of hydrogen-bond donors (Lipinski definition) is 1. The van der Waals surface area contributed by atoms with Gasteiger partial charge < -0.3 is 10.6 Å². The van der Waals surface area contributed by atoms with Gasteiger partial charge in [-0.15, -0.1) is 0 Å². The molecule has 1 aliphatic rings. The molecule has 0 unspecified atom stereocenters. The molecule has 1 saturated carbocycles. The number of hydrogen-bond acceptors (Lipinski definition) is 2. The number of carbonyl (C=O) groups excluding carboxylic acids is 2. The Hall–Kier alpha value is -1.06. The SMILES string of the molecule is CCN(CC(N)=O)C(=O)C1CCCCCC1. The third kappa shape index (κ3) is 3.83. The van der Waals surface area contributed by atoms with Crippen LogP contribution in [0.4, 0.5) is 0 Å². The minimum absolute atomic E-state index is 0.0613. The summed E-state index contributed by atoms with van der Waals surface area (Å²) in [7, 11) is 0. The molecule has 0 atom stereocenters. The van der Waals surface area contributed by atoms with Crippen molar-refractivity contribution in [2.24, 2.45) is 11.7 Å². The zero-order valence-electron chi connectivity index (χ0n) is 10.1. The first-order valence-corrected chi connectivity index (χ1v) is 6.22. The van der Waals surface area contributed by atoms with Gasteiger partial charge in [0.1, 0.15) is 0 Å². The van der Waals surface area contributed by atoms with E-state index in [0.717, 1.165) is 25.7 Å². The fourth-order valence-electron chi connectivity index (χ4n) is 2.32. The highest BCUT2D eigenvalue weighted by Crippen LogP contribution is 2.24. The lowest BCUT2D eigenvalue weighted by atomic mass is 9.98. The van der Waals surface area contributed by atoms with E-state index in [4.69, 9.17) is 5.73 Å². The molecule has 1 rings (SSSR count). The lowest BCUT2D eigenvalue weighted by molar-refractivity contribution is -0.138. The van der Waals surface area contributed by atoms with Gasteiger partial charge in [0.05, 0.1) is 6.54 Å². The monoisotopic (exact) mass is 226 g/mol. The lowest BCUT2D eigenvalue weighted by Crippen LogP contribution is -2.41. The van der Waals surface area contributed by atoms with E-state index in [1.54, 1.807) is 4.90 Å². The standard InChI is InChI=1S/C12H22N2O2/c1-2-14(9-11(13)15)12(16)10-7-5-3-4-6-8-10/h10H,2-9H2,1H3,(H2,13,15). The quantitative estimate of drug-likeness (QED) is 0.734. The highest BCUT2D eigenvalue weighted by molar-refractivity contribution is 5.85. The van der Waals surface area contributed by atoms with Gasteiger partial charge in [-0.2, -0.15) is 0 Å². The number of rotatable bonds is 4. The van der Waals surface area contributed by atoms with Crippen LogP contribution in [0, 0.1) is 5.92 Å². The molecular weight excluding hydrogens is 204 g/mol. The van der Waals surface area contributed by atoms with Crippen molar-refractivity contribution < 1.29 is 9.59 Å². The van der Waals surface area contributed by atoms with Crippen LogP contribution in [-0.2, 0) is 9.59 Å². The molecule has 0 bridgehead atoms. The molecular formula is C12H22N2O2. The largest absolute Gasteiger partial charge is 0.368 e. The summed E-state index contributed by atoms with van der Waals surface area (Å²) in [6, 6.07) is 0. The topological polar surface area (TPSA) is 63.4 Å². The first kappa shape index (κ1) is 13.0. The smallest absolute Gasteiger partial charge is 0.237 e. The van der Waals surface area contributed by atoms with Crippen LogP contribution >= 0.6 is 0 Å². The lowest BCUT2D eigenvalue weighted by Gasteiger charge is -2.24. The van der Waals surface area contributed by atoms with Crippen LogP contribution in [0.25, 0.3) is 0 Å². The van der Waals surface area contributed by atoms with Crippen molar-refractivity contribution in [3.8, 4) is 0 Å². The van der Waals surface area contributed by atoms with E-state index in [1.807, 2.05) is 6.92 Å². The number of nitrogens with two attached hydrogens (primary N) is 1. The Labute approximate surface area is 97.2 Å². The van der Waals surface area contributed by atoms with E-state index < -0.39 is 5.91 Å². The summed E-state index contributed by atoms with van der Waals surface area (Å²) in [6.45, 7) is 2.52. The zero-order valence-corrected chi connectivity index (χ0v) is 10.1. The van der Waals surface area contributed by atoms with Crippen LogP contribution in [0.1, 0.15) is 45.4 Å². The molecule has 0 saturated heterocycles. The van der Waals surface area contributed by atoms with Gasteiger partial charge in [0.2, 0.25) is 11.8 Å². The molecule has 0 aliphatic heterocycles. The average molecular weight is 226 g/mol. The summed E-state index contributed by atoms with van der Waals surface area (Å²) in [5.74, 6) is -0.200. The molecule has 0 aromatic rings. The van der Waals surface area contributed by atoms with Gasteiger partial charge in [-0.05, 0) is 19.8 Å². The fraction of sp³-hybridized carbons (Fsp3) is 0.833. The Kier molecular flexibility index (Phi) is 5.29. The minimum Gasteiger partial charge on any atom is -0.368 e. The summed E-state index contributed by atoms with van der Waals surface area (Å²) >= 11 is 0. The predicted molar refractivity (Wildman–Crippen MR) is 62.6 cm³/mol. The fourth-order valence-corrected chi connectivity index (χ4v) is 2.32. The van der Waals surface area contributed by atoms with Crippen molar-refractivity contribution in [1.82, 2.24) is 4.90 Å². The molecule has 16 heavy (non-hydrogen) atoms. The average Bonchev–Trinajstić information content (AvgIpc) is 2.53. The minimum atomic E-state index is -0.427. The number of carbonyl (C=O) groups is 2. The van der Waals surface area contributed by atoms with Crippen LogP contribution in [0.3, 0.4) is 0 Å². The van der Waals surface area contributed by atoms with Crippen molar-refractivity contribution in [2.75, 3.05) is 13.1 Å². The van der Waals surface area contributed by atoms with Crippen LogP contribution in [0.2, 0.25) is 0 Å². The second-order valence-corrected chi connectivity index (χ2v) is 4.51. The Bertz CT molecular complexity index is 245. The predicted octanol–water partition coefficient (Wildman–Crippen LogP) is 1.29. The van der Waals surface area contributed by atoms with E-state index in [2.05, 4.69) is 0 Å². The maximum atomic E-state index is 12.1. The van der Waals surface area contributed by atoms with Crippen molar-refractivity contribution in [2.45, 2.75) is 45.4 Å². The molecule has 2 N–H and O–H groups in total. The van der Waals surface area contributed by atoms with Gasteiger partial charge in [-0.1, -0.05) is 25.7 Å². The highest BCUT2D eigenvalue weighted by atomic mass is 16.2. The molecule has 92 valence electrons. The summed E-state index contributed by atoms with van der Waals surface area (Å²) in [6.07, 6.45) is 6.65. The van der Waals surface area contributed by atoms with Crippen LogP contribution in [0.15, 0.2) is 0 Å². The van der Waals surface area contributed by atoms with Crippen LogP contribution in [-0.4, -0.2) is 29.8 Å². The Morgan fingerprint density at radius 3 is 2.19 bits per heavy atom. The van der Waals surface area contributed by atoms with Crippen LogP contribution in [0.5, 0.6) is 0 Å². The first-order valence-electron chi connectivity index (χ1n) is 6.22. The van der Waals surface area contributed by atoms with E-state index in [9.17, 15) is 9.59 Å². The van der Waals surface area contributed by atoms with Gasteiger partial charge in [0, 0.05) is 12.5 Å². The normalized spacial score (nSPS) is 17.8. The van der Waals surface area contributed by atoms with Crippen molar-refractivity contribution in [3.05, 3.63) is 0 Å². The summed E-state index contributed by atoms with van der Waals surface area (Å²) < 4.78 is 0. The third-order valence-electron chi connectivity index (χ3n) is 3.24. The van der Waals surface area contributed by atoms with Crippen molar-refractivity contribution in [1.29, 1.82) is 0 Å². The summed E-state index contributed by atoms with van der Waals surface area (Å²) in [4.78, 5) is 24.6. The molecule has 0 heterocycles. The van der Waals surface area contributed by atoms with Gasteiger partial charge in [-0.25, -0.2) is 0 Å². The van der Waals surface area contributed by atoms with Gasteiger partial charge in [0.15, 0.2) is 0 Å².